The van der Waals surface area contributed by atoms with Gasteiger partial charge in [0.1, 0.15) is 22.9 Å². The molecule has 3 N–H and O–H groups in total. The summed E-state index contributed by atoms with van der Waals surface area (Å²) in [6.07, 6.45) is -2.59. The summed E-state index contributed by atoms with van der Waals surface area (Å²) >= 11 is 1.18. The first-order chi connectivity index (χ1) is 8.15. The lowest BCUT2D eigenvalue weighted by Gasteiger charge is -2.35. The molecule has 1 aliphatic heterocycles. The number of carbonyl (C=O) groups is 1. The van der Waals surface area contributed by atoms with Crippen molar-refractivity contribution in [2.45, 2.75) is 30.8 Å². The standard InChI is InChI=1S/C10H13NO5S/c12-2-5-4-17-10(11-5)9-8(15)7(14)1-6(3-13)16-9/h2,4,6-9,13-15H,1,3H2/t6?,7-,8?,9?/m0/s1. The van der Waals surface area contributed by atoms with Crippen molar-refractivity contribution in [1.82, 2.24) is 4.98 Å². The number of ether oxygens (including phenoxy) is 1. The second kappa shape index (κ2) is 5.19. The molecule has 1 aromatic heterocycles. The van der Waals surface area contributed by atoms with Gasteiger partial charge in [0.05, 0.1) is 18.8 Å². The van der Waals surface area contributed by atoms with Crippen LogP contribution in [0, 0.1) is 0 Å². The quantitative estimate of drug-likeness (QED) is 0.633. The average Bonchev–Trinajstić information content (AvgIpc) is 2.81. The summed E-state index contributed by atoms with van der Waals surface area (Å²) < 4.78 is 5.43. The molecular formula is C10H13NO5S. The maximum atomic E-state index is 10.5. The summed E-state index contributed by atoms with van der Waals surface area (Å²) in [5, 5.41) is 30.4. The van der Waals surface area contributed by atoms with Gasteiger partial charge in [-0.2, -0.15) is 0 Å². The fourth-order valence-corrected chi connectivity index (χ4v) is 2.60. The summed E-state index contributed by atoms with van der Waals surface area (Å²) in [6, 6.07) is 0. The van der Waals surface area contributed by atoms with E-state index in [1.165, 1.54) is 11.3 Å². The highest BCUT2D eigenvalue weighted by Gasteiger charge is 2.38. The number of carbonyl (C=O) groups excluding carboxylic acids is 1. The monoisotopic (exact) mass is 259 g/mol. The van der Waals surface area contributed by atoms with Crippen LogP contribution in [0.15, 0.2) is 5.38 Å². The van der Waals surface area contributed by atoms with Crippen LogP contribution in [0.25, 0.3) is 0 Å². The van der Waals surface area contributed by atoms with Gasteiger partial charge in [0.2, 0.25) is 0 Å². The van der Waals surface area contributed by atoms with E-state index in [9.17, 15) is 15.0 Å². The van der Waals surface area contributed by atoms with E-state index in [0.717, 1.165) is 0 Å². The Kier molecular flexibility index (Phi) is 3.85. The Hall–Kier alpha value is -0.860. The third-order valence-corrected chi connectivity index (χ3v) is 3.58. The summed E-state index contributed by atoms with van der Waals surface area (Å²) in [6.45, 7) is -0.230. The second-order valence-corrected chi connectivity index (χ2v) is 4.77. The van der Waals surface area contributed by atoms with Gasteiger partial charge in [0.25, 0.3) is 0 Å². The van der Waals surface area contributed by atoms with E-state index in [0.29, 0.717) is 11.3 Å². The van der Waals surface area contributed by atoms with Crippen molar-refractivity contribution in [2.75, 3.05) is 6.61 Å². The van der Waals surface area contributed by atoms with Crippen LogP contribution < -0.4 is 0 Å². The van der Waals surface area contributed by atoms with E-state index in [2.05, 4.69) is 4.98 Å². The average molecular weight is 259 g/mol. The third-order valence-electron chi connectivity index (χ3n) is 2.66. The molecule has 3 unspecified atom stereocenters. The van der Waals surface area contributed by atoms with E-state index in [1.807, 2.05) is 0 Å². The van der Waals surface area contributed by atoms with Gasteiger partial charge in [0.15, 0.2) is 6.29 Å². The summed E-state index contributed by atoms with van der Waals surface area (Å²) in [4.78, 5) is 14.5. The molecule has 1 aliphatic rings. The first-order valence-corrected chi connectivity index (χ1v) is 6.06. The highest BCUT2D eigenvalue weighted by Crippen LogP contribution is 2.33. The largest absolute Gasteiger partial charge is 0.394 e. The minimum absolute atomic E-state index is 0.181. The van der Waals surface area contributed by atoms with Crippen LogP contribution >= 0.6 is 11.3 Å². The highest BCUT2D eigenvalue weighted by atomic mass is 32.1. The molecule has 2 heterocycles. The minimum Gasteiger partial charge on any atom is -0.394 e. The van der Waals surface area contributed by atoms with Crippen molar-refractivity contribution in [3.8, 4) is 0 Å². The molecule has 0 amide bonds. The number of hydrogen-bond donors (Lipinski definition) is 3. The summed E-state index contributed by atoms with van der Waals surface area (Å²) in [5.74, 6) is 0. The number of aldehydes is 1. The van der Waals surface area contributed by atoms with E-state index in [-0.39, 0.29) is 18.7 Å². The fraction of sp³-hybridized carbons (Fsp3) is 0.600. The molecule has 2 rings (SSSR count). The maximum absolute atomic E-state index is 10.5. The zero-order valence-electron chi connectivity index (χ0n) is 8.89. The first kappa shape index (κ1) is 12.6. The van der Waals surface area contributed by atoms with Gasteiger partial charge < -0.3 is 20.1 Å². The molecule has 6 nitrogen and oxygen atoms in total. The number of aliphatic hydroxyl groups is 3. The second-order valence-electron chi connectivity index (χ2n) is 3.88. The Morgan fingerprint density at radius 2 is 2.35 bits per heavy atom. The van der Waals surface area contributed by atoms with Gasteiger partial charge in [0, 0.05) is 11.8 Å². The van der Waals surface area contributed by atoms with Gasteiger partial charge in [-0.05, 0) is 0 Å². The molecule has 1 saturated heterocycles. The molecule has 0 bridgehead atoms. The lowest BCUT2D eigenvalue weighted by atomic mass is 9.98. The zero-order chi connectivity index (χ0) is 12.4. The van der Waals surface area contributed by atoms with E-state index in [1.54, 1.807) is 5.38 Å². The van der Waals surface area contributed by atoms with Crippen molar-refractivity contribution in [3.05, 3.63) is 16.1 Å². The van der Waals surface area contributed by atoms with Crippen molar-refractivity contribution in [3.63, 3.8) is 0 Å². The Labute approximate surface area is 101 Å². The summed E-state index contributed by atoms with van der Waals surface area (Å²) in [7, 11) is 0. The van der Waals surface area contributed by atoms with Crippen molar-refractivity contribution < 1.29 is 24.9 Å². The van der Waals surface area contributed by atoms with Crippen molar-refractivity contribution >= 4 is 17.6 Å². The predicted molar refractivity (Wildman–Crippen MR) is 58.8 cm³/mol. The number of thiazole rings is 1. The molecule has 0 aromatic carbocycles. The fourth-order valence-electron chi connectivity index (χ4n) is 1.76. The molecule has 0 spiro atoms. The number of aliphatic hydroxyl groups excluding tert-OH is 3. The lowest BCUT2D eigenvalue weighted by Crippen LogP contribution is -2.44. The highest BCUT2D eigenvalue weighted by molar-refractivity contribution is 7.09. The topological polar surface area (TPSA) is 99.9 Å². The van der Waals surface area contributed by atoms with Gasteiger partial charge in [-0.1, -0.05) is 0 Å². The number of nitrogens with zero attached hydrogens (tertiary/aromatic N) is 1. The molecule has 4 atom stereocenters. The Morgan fingerprint density at radius 1 is 1.59 bits per heavy atom. The molecule has 0 radical (unpaired) electrons. The molecule has 17 heavy (non-hydrogen) atoms. The van der Waals surface area contributed by atoms with Crippen LogP contribution in [0.3, 0.4) is 0 Å². The Bertz CT molecular complexity index is 396. The molecule has 1 aromatic rings. The van der Waals surface area contributed by atoms with E-state index < -0.39 is 24.4 Å². The van der Waals surface area contributed by atoms with Crippen LogP contribution in [-0.2, 0) is 4.74 Å². The molecular weight excluding hydrogens is 246 g/mol. The van der Waals surface area contributed by atoms with Gasteiger partial charge in [-0.25, -0.2) is 4.98 Å². The van der Waals surface area contributed by atoms with Crippen LogP contribution in [0.5, 0.6) is 0 Å². The maximum Gasteiger partial charge on any atom is 0.169 e. The smallest absolute Gasteiger partial charge is 0.169 e. The van der Waals surface area contributed by atoms with E-state index >= 15 is 0 Å². The molecule has 94 valence electrons. The predicted octanol–water partition coefficient (Wildman–Crippen LogP) is -0.500. The molecule has 0 aliphatic carbocycles. The molecule has 7 heteroatoms. The van der Waals surface area contributed by atoms with Crippen LogP contribution in [0.2, 0.25) is 0 Å². The SMILES string of the molecule is O=Cc1csc(C2OC(CO)C[C@H](O)C2O)n1. The Morgan fingerprint density at radius 3 is 2.94 bits per heavy atom. The Balaban J connectivity index is 2.19. The van der Waals surface area contributed by atoms with Crippen LogP contribution in [0.1, 0.15) is 28.0 Å². The minimum atomic E-state index is -1.09. The number of hydrogen-bond acceptors (Lipinski definition) is 7. The van der Waals surface area contributed by atoms with Crippen LogP contribution in [0.4, 0.5) is 0 Å². The van der Waals surface area contributed by atoms with Crippen molar-refractivity contribution in [1.29, 1.82) is 0 Å². The van der Waals surface area contributed by atoms with E-state index in [4.69, 9.17) is 9.84 Å². The van der Waals surface area contributed by atoms with Gasteiger partial charge in [-0.15, -0.1) is 11.3 Å². The van der Waals surface area contributed by atoms with Gasteiger partial charge >= 0.3 is 0 Å². The first-order valence-electron chi connectivity index (χ1n) is 5.18. The zero-order valence-corrected chi connectivity index (χ0v) is 9.71. The molecule has 1 fully saturated rings. The number of rotatable bonds is 3. The number of aromatic nitrogens is 1. The normalized spacial score (nSPS) is 33.6. The summed E-state index contributed by atoms with van der Waals surface area (Å²) in [5.41, 5.74) is 0.265. The third kappa shape index (κ3) is 2.53. The lowest BCUT2D eigenvalue weighted by molar-refractivity contribution is -0.179. The molecule has 0 saturated carbocycles. The van der Waals surface area contributed by atoms with Crippen molar-refractivity contribution in [2.24, 2.45) is 0 Å². The van der Waals surface area contributed by atoms with Crippen LogP contribution in [-0.4, -0.2) is 51.5 Å². The van der Waals surface area contributed by atoms with Gasteiger partial charge in [-0.3, -0.25) is 4.79 Å².